The molecule has 3 aromatic carbocycles. The van der Waals surface area contributed by atoms with Crippen LogP contribution >= 0.6 is 0 Å². The van der Waals surface area contributed by atoms with Gasteiger partial charge in [0.2, 0.25) is 0 Å². The molecule has 0 saturated carbocycles. The van der Waals surface area contributed by atoms with E-state index in [-0.39, 0.29) is 39.3 Å². The highest BCUT2D eigenvalue weighted by Gasteiger charge is 2.32. The predicted octanol–water partition coefficient (Wildman–Crippen LogP) is 8.84. The van der Waals surface area contributed by atoms with Crippen molar-refractivity contribution in [3.05, 3.63) is 95.2 Å². The van der Waals surface area contributed by atoms with Crippen molar-refractivity contribution in [2.75, 3.05) is 0 Å². The minimum atomic E-state index is -4.60. The van der Waals surface area contributed by atoms with Crippen LogP contribution in [0.1, 0.15) is 22.3 Å². The molecular formula is C26H15F9N2. The monoisotopic (exact) mass is 526 g/mol. The van der Waals surface area contributed by atoms with E-state index in [9.17, 15) is 39.5 Å². The van der Waals surface area contributed by atoms with Crippen LogP contribution in [0.25, 0.3) is 33.8 Å². The lowest BCUT2D eigenvalue weighted by molar-refractivity contribution is -0.138. The van der Waals surface area contributed by atoms with Gasteiger partial charge in [0.05, 0.1) is 40.0 Å². The van der Waals surface area contributed by atoms with Crippen LogP contribution in [0.3, 0.4) is 0 Å². The molecule has 4 rings (SSSR count). The quantitative estimate of drug-likeness (QED) is 0.249. The molecule has 1 heterocycles. The van der Waals surface area contributed by atoms with Crippen molar-refractivity contribution in [2.45, 2.75) is 25.5 Å². The first-order chi connectivity index (χ1) is 17.1. The maximum atomic E-state index is 13.1. The predicted molar refractivity (Wildman–Crippen MR) is 118 cm³/mol. The Morgan fingerprint density at radius 2 is 1.00 bits per heavy atom. The second-order valence-electron chi connectivity index (χ2n) is 8.13. The summed E-state index contributed by atoms with van der Waals surface area (Å²) in [4.78, 5) is 8.75. The Balaban J connectivity index is 1.87. The van der Waals surface area contributed by atoms with Gasteiger partial charge in [-0.2, -0.15) is 39.5 Å². The average Bonchev–Trinajstić information content (AvgIpc) is 2.82. The lowest BCUT2D eigenvalue weighted by atomic mass is 9.97. The van der Waals surface area contributed by atoms with E-state index in [4.69, 9.17) is 0 Å². The Morgan fingerprint density at radius 1 is 0.541 bits per heavy atom. The second kappa shape index (κ2) is 9.20. The zero-order chi connectivity index (χ0) is 27.2. The van der Waals surface area contributed by atoms with Crippen LogP contribution < -0.4 is 0 Å². The van der Waals surface area contributed by atoms with Crippen LogP contribution in [-0.4, -0.2) is 9.97 Å². The number of hydrogen-bond donors (Lipinski definition) is 0. The molecule has 0 unspecified atom stereocenters. The summed E-state index contributed by atoms with van der Waals surface area (Å²) < 4.78 is 117. The molecule has 1 aromatic heterocycles. The summed E-state index contributed by atoms with van der Waals surface area (Å²) in [6.07, 6.45) is -12.5. The van der Waals surface area contributed by atoms with E-state index < -0.39 is 35.2 Å². The third-order valence-electron chi connectivity index (χ3n) is 5.58. The number of halogens is 9. The molecule has 0 aliphatic rings. The molecule has 11 heteroatoms. The van der Waals surface area contributed by atoms with Gasteiger partial charge in [-0.05, 0) is 48.9 Å². The molecule has 0 aliphatic heterocycles. The summed E-state index contributed by atoms with van der Waals surface area (Å²) in [5, 5.41) is 0. The molecule has 2 nitrogen and oxygen atoms in total. The minimum Gasteiger partial charge on any atom is -0.252 e. The lowest BCUT2D eigenvalue weighted by Gasteiger charge is -2.15. The first-order valence-electron chi connectivity index (χ1n) is 10.5. The van der Waals surface area contributed by atoms with Crippen molar-refractivity contribution >= 4 is 0 Å². The highest BCUT2D eigenvalue weighted by molar-refractivity contribution is 5.81. The average molecular weight is 526 g/mol. The van der Waals surface area contributed by atoms with Crippen molar-refractivity contribution in [1.82, 2.24) is 9.97 Å². The van der Waals surface area contributed by atoms with Gasteiger partial charge in [-0.25, -0.2) is 4.98 Å². The molecule has 0 atom stereocenters. The van der Waals surface area contributed by atoms with Crippen LogP contribution in [-0.2, 0) is 18.5 Å². The topological polar surface area (TPSA) is 25.8 Å². The third-order valence-corrected chi connectivity index (χ3v) is 5.58. The molecule has 0 aliphatic carbocycles. The Bertz CT molecular complexity index is 1420. The number of hydrogen-bond acceptors (Lipinski definition) is 2. The van der Waals surface area contributed by atoms with Gasteiger partial charge < -0.3 is 0 Å². The Kier molecular flexibility index (Phi) is 6.51. The first kappa shape index (κ1) is 26.2. The number of aromatic nitrogens is 2. The molecule has 0 spiro atoms. The smallest absolute Gasteiger partial charge is 0.252 e. The van der Waals surface area contributed by atoms with Crippen LogP contribution in [0.2, 0.25) is 0 Å². The largest absolute Gasteiger partial charge is 0.416 e. The van der Waals surface area contributed by atoms with Gasteiger partial charge in [-0.3, -0.25) is 4.98 Å². The number of alkyl halides is 9. The highest BCUT2D eigenvalue weighted by atomic mass is 19.4. The summed E-state index contributed by atoms with van der Waals surface area (Å²) in [5.41, 5.74) is -1.53. The normalized spacial score (nSPS) is 12.6. The second-order valence-corrected chi connectivity index (χ2v) is 8.13. The van der Waals surface area contributed by atoms with Gasteiger partial charge in [0, 0.05) is 16.7 Å². The number of rotatable bonds is 3. The van der Waals surface area contributed by atoms with Gasteiger partial charge in [-0.15, -0.1) is 0 Å². The molecule has 0 bridgehead atoms. The summed E-state index contributed by atoms with van der Waals surface area (Å²) in [7, 11) is 0. The Morgan fingerprint density at radius 3 is 1.46 bits per heavy atom. The number of aryl methyl sites for hydroxylation is 1. The van der Waals surface area contributed by atoms with E-state index in [0.29, 0.717) is 0 Å². The standard InChI is InChI=1S/C26H15F9N2/c1-14-12-19(26(33,34)35)10-11-20(14)23-22(16-4-8-18(9-5-16)25(30,31)32)37-21(13-36-23)15-2-6-17(7-3-15)24(27,28)29/h2-13H,1H3. The van der Waals surface area contributed by atoms with Crippen molar-refractivity contribution in [2.24, 2.45) is 0 Å². The van der Waals surface area contributed by atoms with E-state index in [1.54, 1.807) is 0 Å². The fraction of sp³-hybridized carbons (Fsp3) is 0.154. The molecule has 192 valence electrons. The van der Waals surface area contributed by atoms with E-state index >= 15 is 0 Å². The van der Waals surface area contributed by atoms with E-state index in [1.165, 1.54) is 31.3 Å². The van der Waals surface area contributed by atoms with Crippen LogP contribution in [0.15, 0.2) is 72.9 Å². The first-order valence-corrected chi connectivity index (χ1v) is 10.5. The summed E-state index contributed by atoms with van der Waals surface area (Å²) in [5.74, 6) is 0. The van der Waals surface area contributed by atoms with Gasteiger partial charge in [-0.1, -0.05) is 30.3 Å². The fourth-order valence-corrected chi connectivity index (χ4v) is 3.68. The molecule has 0 radical (unpaired) electrons. The molecule has 0 fully saturated rings. The molecule has 0 amide bonds. The van der Waals surface area contributed by atoms with E-state index in [1.807, 2.05) is 0 Å². The van der Waals surface area contributed by atoms with Gasteiger partial charge in [0.15, 0.2) is 0 Å². The van der Waals surface area contributed by atoms with Gasteiger partial charge in [0.1, 0.15) is 0 Å². The van der Waals surface area contributed by atoms with Crippen LogP contribution in [0, 0.1) is 6.92 Å². The lowest BCUT2D eigenvalue weighted by Crippen LogP contribution is -2.06. The maximum Gasteiger partial charge on any atom is 0.416 e. The maximum absolute atomic E-state index is 13.1. The Labute approximate surface area is 204 Å². The SMILES string of the molecule is Cc1cc(C(F)(F)F)ccc1-c1ncc(-c2ccc(C(F)(F)F)cc2)nc1-c1ccc(C(F)(F)F)cc1. The number of nitrogens with zero attached hydrogens (tertiary/aromatic N) is 2. The van der Waals surface area contributed by atoms with Gasteiger partial charge in [0.25, 0.3) is 0 Å². The van der Waals surface area contributed by atoms with Crippen molar-refractivity contribution in [3.8, 4) is 33.8 Å². The molecule has 0 saturated heterocycles. The summed E-state index contributed by atoms with van der Waals surface area (Å²) in [6, 6.07) is 10.9. The zero-order valence-electron chi connectivity index (χ0n) is 18.7. The number of benzene rings is 3. The molecule has 0 N–H and O–H groups in total. The molecule has 4 aromatic rings. The van der Waals surface area contributed by atoms with Crippen LogP contribution in [0.5, 0.6) is 0 Å². The third kappa shape index (κ3) is 5.60. The summed E-state index contributed by atoms with van der Waals surface area (Å²) >= 11 is 0. The van der Waals surface area contributed by atoms with Crippen molar-refractivity contribution in [1.29, 1.82) is 0 Å². The van der Waals surface area contributed by atoms with Crippen molar-refractivity contribution < 1.29 is 39.5 Å². The van der Waals surface area contributed by atoms with Crippen molar-refractivity contribution in [3.63, 3.8) is 0 Å². The molecular weight excluding hydrogens is 511 g/mol. The molecule has 37 heavy (non-hydrogen) atoms. The Hall–Kier alpha value is -3.89. The van der Waals surface area contributed by atoms with E-state index in [0.717, 1.165) is 48.5 Å². The van der Waals surface area contributed by atoms with E-state index in [2.05, 4.69) is 9.97 Å². The fourth-order valence-electron chi connectivity index (χ4n) is 3.68. The van der Waals surface area contributed by atoms with Gasteiger partial charge >= 0.3 is 18.5 Å². The zero-order valence-corrected chi connectivity index (χ0v) is 18.7. The minimum absolute atomic E-state index is 0.0500. The summed E-state index contributed by atoms with van der Waals surface area (Å²) in [6.45, 7) is 1.42. The highest BCUT2D eigenvalue weighted by Crippen LogP contribution is 2.38. The van der Waals surface area contributed by atoms with Crippen LogP contribution in [0.4, 0.5) is 39.5 Å².